The minimum atomic E-state index is -0.202. The molecule has 98 valence electrons. The van der Waals surface area contributed by atoms with Crippen LogP contribution in [0.5, 0.6) is 0 Å². The van der Waals surface area contributed by atoms with E-state index in [4.69, 9.17) is 15.3 Å². The zero-order chi connectivity index (χ0) is 13.2. The van der Waals surface area contributed by atoms with E-state index < -0.39 is 0 Å². The fourth-order valence-electron chi connectivity index (χ4n) is 1.84. The van der Waals surface area contributed by atoms with Crippen LogP contribution in [0.15, 0.2) is 0 Å². The molecule has 18 heavy (non-hydrogen) atoms. The topological polar surface area (TPSA) is 89.2 Å². The predicted octanol–water partition coefficient (Wildman–Crippen LogP) is 0.0209. The number of amides is 1. The number of hydrogen-bond donors (Lipinski definition) is 1. The fourth-order valence-corrected chi connectivity index (χ4v) is 1.84. The average molecular weight is 250 g/mol. The van der Waals surface area contributed by atoms with Crippen LogP contribution in [0.25, 0.3) is 0 Å². The summed E-state index contributed by atoms with van der Waals surface area (Å²) >= 11 is 0. The summed E-state index contributed by atoms with van der Waals surface area (Å²) < 4.78 is 5.61. The first-order valence-electron chi connectivity index (χ1n) is 6.12. The van der Waals surface area contributed by atoms with Gasteiger partial charge in [-0.05, 0) is 25.9 Å². The molecule has 0 spiro atoms. The number of hydrogen-bond acceptors (Lipinski definition) is 5. The number of nitrogens with one attached hydrogen (secondary N) is 1. The molecule has 1 fully saturated rings. The van der Waals surface area contributed by atoms with Crippen molar-refractivity contribution in [3.05, 3.63) is 0 Å². The number of nitriles is 2. The van der Waals surface area contributed by atoms with Gasteiger partial charge in [0.25, 0.3) is 0 Å². The molecule has 1 amide bonds. The number of nitrogens with zero attached hydrogens (tertiary/aromatic N) is 3. The van der Waals surface area contributed by atoms with Crippen LogP contribution in [0.3, 0.4) is 0 Å². The van der Waals surface area contributed by atoms with Crippen molar-refractivity contribution >= 4 is 5.91 Å². The standard InChI is InChI=1S/C12H18N4O2/c13-4-8-16(9-5-14)12(17)3-10-18-11-1-6-15-7-2-11/h11,15H,1-3,6-10H2. The van der Waals surface area contributed by atoms with E-state index in [1.807, 2.05) is 12.1 Å². The molecule has 1 N–H and O–H groups in total. The molecule has 0 atom stereocenters. The zero-order valence-corrected chi connectivity index (χ0v) is 10.4. The Morgan fingerprint density at radius 2 is 1.89 bits per heavy atom. The van der Waals surface area contributed by atoms with E-state index in [1.54, 1.807) is 0 Å². The van der Waals surface area contributed by atoms with Crippen molar-refractivity contribution < 1.29 is 9.53 Å². The lowest BCUT2D eigenvalue weighted by molar-refractivity contribution is -0.131. The minimum Gasteiger partial charge on any atom is -0.378 e. The Bertz CT molecular complexity index is 323. The second kappa shape index (κ2) is 8.46. The molecule has 0 unspecified atom stereocenters. The first kappa shape index (κ1) is 14.4. The molecule has 1 saturated heterocycles. The molecule has 6 nitrogen and oxygen atoms in total. The van der Waals surface area contributed by atoms with Gasteiger partial charge in [0.05, 0.1) is 31.3 Å². The van der Waals surface area contributed by atoms with Gasteiger partial charge in [-0.2, -0.15) is 10.5 Å². The molecule has 0 saturated carbocycles. The first-order valence-corrected chi connectivity index (χ1v) is 6.12. The number of carbonyl (C=O) groups excluding carboxylic acids is 1. The van der Waals surface area contributed by atoms with Crippen LogP contribution < -0.4 is 5.32 Å². The number of carbonyl (C=O) groups is 1. The molecule has 0 bridgehead atoms. The minimum absolute atomic E-state index is 0.0419. The molecule has 0 aromatic heterocycles. The lowest BCUT2D eigenvalue weighted by atomic mass is 10.1. The van der Waals surface area contributed by atoms with Gasteiger partial charge in [0.1, 0.15) is 13.1 Å². The molecule has 0 aromatic carbocycles. The van der Waals surface area contributed by atoms with Crippen molar-refractivity contribution in [2.75, 3.05) is 32.8 Å². The van der Waals surface area contributed by atoms with Crippen LogP contribution in [0.1, 0.15) is 19.3 Å². The molecular weight excluding hydrogens is 232 g/mol. The third kappa shape index (κ3) is 5.13. The van der Waals surface area contributed by atoms with Gasteiger partial charge >= 0.3 is 0 Å². The van der Waals surface area contributed by atoms with Crippen molar-refractivity contribution in [1.82, 2.24) is 10.2 Å². The van der Waals surface area contributed by atoms with Crippen molar-refractivity contribution in [1.29, 1.82) is 10.5 Å². The van der Waals surface area contributed by atoms with Crippen LogP contribution in [0, 0.1) is 22.7 Å². The highest BCUT2D eigenvalue weighted by molar-refractivity contribution is 5.76. The second-order valence-electron chi connectivity index (χ2n) is 4.14. The molecule has 0 aliphatic carbocycles. The molecule has 1 rings (SSSR count). The Labute approximate surface area is 107 Å². The van der Waals surface area contributed by atoms with Crippen LogP contribution in [0.4, 0.5) is 0 Å². The maximum atomic E-state index is 11.7. The average Bonchev–Trinajstić information content (AvgIpc) is 2.39. The summed E-state index contributed by atoms with van der Waals surface area (Å²) in [4.78, 5) is 12.9. The Morgan fingerprint density at radius 3 is 2.44 bits per heavy atom. The van der Waals surface area contributed by atoms with Crippen LogP contribution >= 0.6 is 0 Å². The summed E-state index contributed by atoms with van der Waals surface area (Å²) in [5.41, 5.74) is 0. The van der Waals surface area contributed by atoms with Crippen molar-refractivity contribution in [2.24, 2.45) is 0 Å². The quantitative estimate of drug-likeness (QED) is 0.671. The normalized spacial score (nSPS) is 15.7. The second-order valence-corrected chi connectivity index (χ2v) is 4.14. The Hall–Kier alpha value is -1.63. The van der Waals surface area contributed by atoms with E-state index in [1.165, 1.54) is 4.90 Å². The summed E-state index contributed by atoms with van der Waals surface area (Å²) in [6.07, 6.45) is 2.38. The zero-order valence-electron chi connectivity index (χ0n) is 10.4. The molecule has 0 radical (unpaired) electrons. The highest BCUT2D eigenvalue weighted by Gasteiger charge is 2.16. The molecular formula is C12H18N4O2. The fraction of sp³-hybridized carbons (Fsp3) is 0.750. The summed E-state index contributed by atoms with van der Waals surface area (Å²) in [7, 11) is 0. The van der Waals surface area contributed by atoms with E-state index in [2.05, 4.69) is 5.32 Å². The van der Waals surface area contributed by atoms with Crippen LogP contribution in [0.2, 0.25) is 0 Å². The molecule has 1 aliphatic heterocycles. The summed E-state index contributed by atoms with van der Waals surface area (Å²) in [6.45, 7) is 2.18. The van der Waals surface area contributed by atoms with Crippen LogP contribution in [-0.2, 0) is 9.53 Å². The van der Waals surface area contributed by atoms with E-state index in [-0.39, 0.29) is 31.5 Å². The lowest BCUT2D eigenvalue weighted by Gasteiger charge is -2.23. The van der Waals surface area contributed by atoms with Crippen molar-refractivity contribution in [3.63, 3.8) is 0 Å². The Morgan fingerprint density at radius 1 is 1.28 bits per heavy atom. The SMILES string of the molecule is N#CCN(CC#N)C(=O)CCOC1CCNCC1. The lowest BCUT2D eigenvalue weighted by Crippen LogP contribution is -2.35. The summed E-state index contributed by atoms with van der Waals surface area (Å²) in [5, 5.41) is 20.3. The van der Waals surface area contributed by atoms with Gasteiger partial charge < -0.3 is 15.0 Å². The number of ether oxygens (including phenoxy) is 1. The van der Waals surface area contributed by atoms with Gasteiger partial charge in [-0.3, -0.25) is 4.79 Å². The highest BCUT2D eigenvalue weighted by Crippen LogP contribution is 2.07. The summed E-state index contributed by atoms with van der Waals surface area (Å²) in [5.74, 6) is -0.202. The third-order valence-electron chi connectivity index (χ3n) is 2.83. The molecule has 0 aromatic rings. The molecule has 1 aliphatic rings. The predicted molar refractivity (Wildman–Crippen MR) is 64.3 cm³/mol. The van der Waals surface area contributed by atoms with E-state index in [9.17, 15) is 4.79 Å². The number of rotatable bonds is 6. The van der Waals surface area contributed by atoms with Gasteiger partial charge in [-0.15, -0.1) is 0 Å². The van der Waals surface area contributed by atoms with Gasteiger partial charge in [0.2, 0.25) is 5.91 Å². The smallest absolute Gasteiger partial charge is 0.226 e. The summed E-state index contributed by atoms with van der Waals surface area (Å²) in [6, 6.07) is 3.76. The van der Waals surface area contributed by atoms with Crippen molar-refractivity contribution in [2.45, 2.75) is 25.4 Å². The third-order valence-corrected chi connectivity index (χ3v) is 2.83. The Balaban J connectivity index is 2.22. The molecule has 6 heteroatoms. The van der Waals surface area contributed by atoms with Gasteiger partial charge in [-0.1, -0.05) is 0 Å². The highest BCUT2D eigenvalue weighted by atomic mass is 16.5. The monoisotopic (exact) mass is 250 g/mol. The van der Waals surface area contributed by atoms with E-state index in [0.717, 1.165) is 25.9 Å². The Kier molecular flexibility index (Phi) is 6.78. The van der Waals surface area contributed by atoms with Crippen LogP contribution in [-0.4, -0.2) is 49.7 Å². The molecule has 1 heterocycles. The van der Waals surface area contributed by atoms with Gasteiger partial charge in [0.15, 0.2) is 0 Å². The number of piperidine rings is 1. The van der Waals surface area contributed by atoms with Gasteiger partial charge in [0, 0.05) is 0 Å². The van der Waals surface area contributed by atoms with Gasteiger partial charge in [-0.25, -0.2) is 0 Å². The van der Waals surface area contributed by atoms with E-state index >= 15 is 0 Å². The maximum Gasteiger partial charge on any atom is 0.226 e. The van der Waals surface area contributed by atoms with E-state index in [0.29, 0.717) is 6.61 Å². The van der Waals surface area contributed by atoms with Crippen molar-refractivity contribution in [3.8, 4) is 12.1 Å². The largest absolute Gasteiger partial charge is 0.378 e. The maximum absolute atomic E-state index is 11.7. The first-order chi connectivity index (χ1) is 8.77.